The largest absolute Gasteiger partial charge is 0.573 e. The molecule has 2 N–H and O–H groups in total. The first-order chi connectivity index (χ1) is 12.3. The molecule has 1 heterocycles. The van der Waals surface area contributed by atoms with E-state index >= 15 is 0 Å². The number of benzene rings is 1. The highest BCUT2D eigenvalue weighted by atomic mass is 19.4. The molecule has 1 aromatic rings. The Kier molecular flexibility index (Phi) is 7.56. The van der Waals surface area contributed by atoms with Gasteiger partial charge in [-0.05, 0) is 62.5 Å². The molecule has 0 atom stereocenters. The minimum Gasteiger partial charge on any atom is -0.406 e. The number of likely N-dealkylation sites (tertiary alicyclic amines) is 1. The molecule has 2 amide bonds. The number of hydrogen-bond donors (Lipinski definition) is 2. The van der Waals surface area contributed by atoms with E-state index in [1.54, 1.807) is 0 Å². The van der Waals surface area contributed by atoms with E-state index < -0.39 is 6.36 Å². The van der Waals surface area contributed by atoms with Gasteiger partial charge in [-0.3, -0.25) is 0 Å². The minimum absolute atomic E-state index is 0.238. The van der Waals surface area contributed by atoms with Crippen molar-refractivity contribution < 1.29 is 22.7 Å². The van der Waals surface area contributed by atoms with Crippen LogP contribution in [0.5, 0.6) is 5.75 Å². The lowest BCUT2D eigenvalue weighted by atomic mass is 9.99. The first kappa shape index (κ1) is 20.4. The molecule has 0 saturated carbocycles. The summed E-state index contributed by atoms with van der Waals surface area (Å²) in [5.74, 6) is 0.530. The zero-order valence-electron chi connectivity index (χ0n) is 14.9. The second kappa shape index (κ2) is 9.66. The van der Waals surface area contributed by atoms with Gasteiger partial charge in [0.1, 0.15) is 5.75 Å². The Bertz CT molecular complexity index is 556. The zero-order valence-corrected chi connectivity index (χ0v) is 14.9. The molecule has 1 aliphatic rings. The Labute approximate surface area is 151 Å². The Morgan fingerprint density at radius 1 is 1.19 bits per heavy atom. The fourth-order valence-electron chi connectivity index (χ4n) is 2.84. The fraction of sp³-hybridized carbons (Fsp3) is 0.611. The van der Waals surface area contributed by atoms with Gasteiger partial charge < -0.3 is 20.3 Å². The summed E-state index contributed by atoms with van der Waals surface area (Å²) < 4.78 is 40.1. The lowest BCUT2D eigenvalue weighted by Crippen LogP contribution is -2.38. The molecular weight excluding hydrogens is 347 g/mol. The molecule has 5 nitrogen and oxygen atoms in total. The van der Waals surface area contributed by atoms with Crippen LogP contribution in [0, 0.1) is 5.92 Å². The van der Waals surface area contributed by atoms with Crippen LogP contribution in [0.3, 0.4) is 0 Å². The number of alkyl halides is 3. The molecule has 0 radical (unpaired) electrons. The van der Waals surface area contributed by atoms with Crippen molar-refractivity contribution in [3.8, 4) is 5.75 Å². The standard InChI is InChI=1S/C18H26F3N3O2/c1-14-7-11-24(12-8-14)10-2-9-22-17(25)23-13-15-3-5-16(6-4-15)26-18(19,20)21/h3-6,14H,2,7-13H2,1H3,(H2,22,23,25). The number of hydrogen-bond acceptors (Lipinski definition) is 3. The van der Waals surface area contributed by atoms with Crippen LogP contribution in [-0.2, 0) is 6.54 Å². The van der Waals surface area contributed by atoms with Gasteiger partial charge in [-0.15, -0.1) is 13.2 Å². The average molecular weight is 373 g/mol. The van der Waals surface area contributed by atoms with Crippen LogP contribution >= 0.6 is 0 Å². The molecule has 8 heteroatoms. The maximum atomic E-state index is 12.1. The predicted molar refractivity (Wildman–Crippen MR) is 92.8 cm³/mol. The summed E-state index contributed by atoms with van der Waals surface area (Å²) in [6, 6.07) is 5.13. The molecule has 1 aliphatic heterocycles. The quantitative estimate of drug-likeness (QED) is 0.719. The zero-order chi connectivity index (χ0) is 19.0. The molecule has 26 heavy (non-hydrogen) atoms. The first-order valence-electron chi connectivity index (χ1n) is 8.90. The number of carbonyl (C=O) groups is 1. The van der Waals surface area contributed by atoms with Crippen LogP contribution in [-0.4, -0.2) is 43.5 Å². The molecular formula is C18H26F3N3O2. The van der Waals surface area contributed by atoms with Crippen molar-refractivity contribution in [2.45, 2.75) is 39.1 Å². The first-order valence-corrected chi connectivity index (χ1v) is 8.90. The lowest BCUT2D eigenvalue weighted by Gasteiger charge is -2.30. The van der Waals surface area contributed by atoms with Crippen LogP contribution in [0.2, 0.25) is 0 Å². The van der Waals surface area contributed by atoms with Crippen molar-refractivity contribution in [2.24, 2.45) is 5.92 Å². The third-order valence-corrected chi connectivity index (χ3v) is 4.42. The van der Waals surface area contributed by atoms with Gasteiger partial charge in [-0.25, -0.2) is 4.79 Å². The number of rotatable bonds is 7. The Balaban J connectivity index is 1.58. The van der Waals surface area contributed by atoms with Crippen LogP contribution in [0.25, 0.3) is 0 Å². The maximum Gasteiger partial charge on any atom is 0.573 e. The summed E-state index contributed by atoms with van der Waals surface area (Å²) in [6.45, 7) is 6.34. The van der Waals surface area contributed by atoms with Gasteiger partial charge >= 0.3 is 12.4 Å². The van der Waals surface area contributed by atoms with Gasteiger partial charge in [-0.2, -0.15) is 0 Å². The normalized spacial score (nSPS) is 16.3. The highest BCUT2D eigenvalue weighted by molar-refractivity contribution is 5.73. The number of piperidine rings is 1. The molecule has 2 rings (SSSR count). The Morgan fingerprint density at radius 2 is 1.85 bits per heavy atom. The summed E-state index contributed by atoms with van der Waals surface area (Å²) in [5.41, 5.74) is 0.692. The van der Waals surface area contributed by atoms with Crippen molar-refractivity contribution in [1.82, 2.24) is 15.5 Å². The summed E-state index contributed by atoms with van der Waals surface area (Å²) in [6.07, 6.45) is -1.33. The van der Waals surface area contributed by atoms with Gasteiger partial charge in [-0.1, -0.05) is 19.1 Å². The van der Waals surface area contributed by atoms with Gasteiger partial charge in [0.15, 0.2) is 0 Å². The monoisotopic (exact) mass is 373 g/mol. The van der Waals surface area contributed by atoms with Gasteiger partial charge in [0.2, 0.25) is 0 Å². The second-order valence-corrected chi connectivity index (χ2v) is 6.68. The van der Waals surface area contributed by atoms with Gasteiger partial charge in [0.05, 0.1) is 0 Å². The van der Waals surface area contributed by atoms with Crippen molar-refractivity contribution in [2.75, 3.05) is 26.2 Å². The number of ether oxygens (including phenoxy) is 1. The lowest BCUT2D eigenvalue weighted by molar-refractivity contribution is -0.274. The fourth-order valence-corrected chi connectivity index (χ4v) is 2.84. The van der Waals surface area contributed by atoms with Crippen molar-refractivity contribution in [1.29, 1.82) is 0 Å². The number of nitrogens with zero attached hydrogens (tertiary/aromatic N) is 1. The molecule has 146 valence electrons. The van der Waals surface area contributed by atoms with Crippen LogP contribution in [0.15, 0.2) is 24.3 Å². The minimum atomic E-state index is -4.70. The number of halogens is 3. The molecule has 0 bridgehead atoms. The second-order valence-electron chi connectivity index (χ2n) is 6.68. The van der Waals surface area contributed by atoms with E-state index in [0.29, 0.717) is 12.1 Å². The molecule has 0 aromatic heterocycles. The molecule has 1 fully saturated rings. The van der Waals surface area contributed by atoms with Crippen LogP contribution in [0.4, 0.5) is 18.0 Å². The topological polar surface area (TPSA) is 53.6 Å². The Morgan fingerprint density at radius 3 is 2.46 bits per heavy atom. The molecule has 0 unspecified atom stereocenters. The van der Waals surface area contributed by atoms with E-state index in [1.165, 1.54) is 37.1 Å². The maximum absolute atomic E-state index is 12.1. The highest BCUT2D eigenvalue weighted by Gasteiger charge is 2.30. The number of nitrogens with one attached hydrogen (secondary N) is 2. The third kappa shape index (κ3) is 7.95. The molecule has 1 aromatic carbocycles. The van der Waals surface area contributed by atoms with Crippen molar-refractivity contribution in [3.05, 3.63) is 29.8 Å². The van der Waals surface area contributed by atoms with Crippen molar-refractivity contribution >= 4 is 6.03 Å². The Hall–Kier alpha value is -1.96. The molecule has 0 aliphatic carbocycles. The summed E-state index contributed by atoms with van der Waals surface area (Å²) >= 11 is 0. The third-order valence-electron chi connectivity index (χ3n) is 4.42. The van der Waals surface area contributed by atoms with Crippen molar-refractivity contribution in [3.63, 3.8) is 0 Å². The molecule has 0 spiro atoms. The predicted octanol–water partition coefficient (Wildman–Crippen LogP) is 3.51. The van der Waals surface area contributed by atoms with E-state index in [9.17, 15) is 18.0 Å². The molecule has 1 saturated heterocycles. The van der Waals surface area contributed by atoms with E-state index in [-0.39, 0.29) is 18.3 Å². The van der Waals surface area contributed by atoms with Crippen LogP contribution < -0.4 is 15.4 Å². The number of urea groups is 1. The van der Waals surface area contributed by atoms with E-state index in [1.807, 2.05) is 0 Å². The van der Waals surface area contributed by atoms with Gasteiger partial charge in [0, 0.05) is 13.1 Å². The number of carbonyl (C=O) groups excluding carboxylic acids is 1. The van der Waals surface area contributed by atoms with E-state index in [2.05, 4.69) is 27.2 Å². The highest BCUT2D eigenvalue weighted by Crippen LogP contribution is 2.22. The average Bonchev–Trinajstić information content (AvgIpc) is 2.58. The summed E-state index contributed by atoms with van der Waals surface area (Å²) in [5, 5.41) is 5.48. The van der Waals surface area contributed by atoms with Crippen LogP contribution in [0.1, 0.15) is 31.7 Å². The van der Waals surface area contributed by atoms with E-state index in [4.69, 9.17) is 0 Å². The summed E-state index contributed by atoms with van der Waals surface area (Å²) in [4.78, 5) is 14.2. The SMILES string of the molecule is CC1CCN(CCCNC(=O)NCc2ccc(OC(F)(F)F)cc2)CC1. The van der Waals surface area contributed by atoms with Gasteiger partial charge in [0.25, 0.3) is 0 Å². The summed E-state index contributed by atoms with van der Waals surface area (Å²) in [7, 11) is 0. The van der Waals surface area contributed by atoms with E-state index in [0.717, 1.165) is 32.0 Å². The smallest absolute Gasteiger partial charge is 0.406 e. The number of amides is 2.